The Hall–Kier alpha value is -2.10. The number of nitrogens with one attached hydrogen (secondary N) is 1. The maximum atomic E-state index is 11.6. The van der Waals surface area contributed by atoms with Crippen LogP contribution in [-0.4, -0.2) is 17.4 Å². The molecule has 0 bridgehead atoms. The fourth-order valence-corrected chi connectivity index (χ4v) is 1.85. The van der Waals surface area contributed by atoms with Crippen molar-refractivity contribution in [1.29, 1.82) is 0 Å². The molecule has 4 nitrogen and oxygen atoms in total. The molecule has 0 saturated heterocycles. The van der Waals surface area contributed by atoms with Crippen LogP contribution in [0.15, 0.2) is 47.3 Å². The van der Waals surface area contributed by atoms with Crippen molar-refractivity contribution in [2.75, 3.05) is 6.54 Å². The van der Waals surface area contributed by atoms with Crippen LogP contribution in [0.1, 0.15) is 24.2 Å². The van der Waals surface area contributed by atoms with E-state index in [0.717, 1.165) is 18.6 Å². The average Bonchev–Trinajstić information content (AvgIpc) is 2.96. The molecule has 19 heavy (non-hydrogen) atoms. The second-order valence-electron chi connectivity index (χ2n) is 4.39. The largest absolute Gasteiger partial charge is 0.469 e. The number of amides is 1. The summed E-state index contributed by atoms with van der Waals surface area (Å²) >= 11 is 0. The molecule has 0 saturated carbocycles. The number of aryl methyl sites for hydroxylation is 2. The lowest BCUT2D eigenvalue weighted by molar-refractivity contribution is -0.121. The Bertz CT molecular complexity index is 480. The fourth-order valence-electron chi connectivity index (χ4n) is 1.85. The Balaban J connectivity index is 1.57. The summed E-state index contributed by atoms with van der Waals surface area (Å²) in [6.07, 6.45) is 8.24. The van der Waals surface area contributed by atoms with E-state index < -0.39 is 0 Å². The first-order chi connectivity index (χ1) is 9.34. The lowest BCUT2D eigenvalue weighted by atomic mass is 10.1. The summed E-state index contributed by atoms with van der Waals surface area (Å²) in [6, 6.07) is 7.69. The molecule has 0 spiro atoms. The van der Waals surface area contributed by atoms with Gasteiger partial charge < -0.3 is 9.73 Å². The third kappa shape index (κ3) is 4.95. The second kappa shape index (κ2) is 7.36. The molecule has 2 heterocycles. The Labute approximate surface area is 112 Å². The zero-order valence-electron chi connectivity index (χ0n) is 10.8. The molecule has 2 aromatic rings. The van der Waals surface area contributed by atoms with E-state index in [9.17, 15) is 4.79 Å². The van der Waals surface area contributed by atoms with Crippen molar-refractivity contribution in [2.24, 2.45) is 0 Å². The molecular weight excluding hydrogens is 240 g/mol. The molecule has 1 N–H and O–H groups in total. The van der Waals surface area contributed by atoms with Crippen molar-refractivity contribution < 1.29 is 9.21 Å². The van der Waals surface area contributed by atoms with Crippen LogP contribution in [0, 0.1) is 0 Å². The smallest absolute Gasteiger partial charge is 0.220 e. The van der Waals surface area contributed by atoms with E-state index in [1.54, 1.807) is 12.5 Å². The summed E-state index contributed by atoms with van der Waals surface area (Å²) in [7, 11) is 0. The van der Waals surface area contributed by atoms with Gasteiger partial charge >= 0.3 is 0 Å². The third-order valence-electron chi connectivity index (χ3n) is 2.87. The van der Waals surface area contributed by atoms with Crippen molar-refractivity contribution in [1.82, 2.24) is 10.3 Å². The highest BCUT2D eigenvalue weighted by Gasteiger charge is 2.03. The lowest BCUT2D eigenvalue weighted by Crippen LogP contribution is -2.24. The van der Waals surface area contributed by atoms with Gasteiger partial charge in [-0.05, 0) is 36.6 Å². The van der Waals surface area contributed by atoms with Crippen LogP contribution in [0.25, 0.3) is 0 Å². The molecule has 4 heteroatoms. The first kappa shape index (κ1) is 13.3. The predicted octanol–water partition coefficient (Wildman–Crippen LogP) is 2.36. The molecule has 0 unspecified atom stereocenters. The van der Waals surface area contributed by atoms with Gasteiger partial charge in [-0.1, -0.05) is 6.07 Å². The fraction of sp³-hybridized carbons (Fsp3) is 0.333. The predicted molar refractivity (Wildman–Crippen MR) is 72.6 cm³/mol. The molecule has 0 aliphatic heterocycles. The number of nitrogens with zero attached hydrogens (tertiary/aromatic N) is 1. The minimum Gasteiger partial charge on any atom is -0.469 e. The van der Waals surface area contributed by atoms with Gasteiger partial charge in [0, 0.05) is 31.8 Å². The minimum atomic E-state index is 0.0718. The van der Waals surface area contributed by atoms with Gasteiger partial charge in [0.05, 0.1) is 6.26 Å². The van der Waals surface area contributed by atoms with E-state index >= 15 is 0 Å². The summed E-state index contributed by atoms with van der Waals surface area (Å²) in [6.45, 7) is 0.700. The van der Waals surface area contributed by atoms with Crippen molar-refractivity contribution in [3.8, 4) is 0 Å². The highest BCUT2D eigenvalue weighted by atomic mass is 16.3. The van der Waals surface area contributed by atoms with Crippen LogP contribution < -0.4 is 5.32 Å². The summed E-state index contributed by atoms with van der Waals surface area (Å²) in [5.41, 5.74) is 1.20. The topological polar surface area (TPSA) is 55.1 Å². The Kier molecular flexibility index (Phi) is 5.17. The summed E-state index contributed by atoms with van der Waals surface area (Å²) in [4.78, 5) is 15.6. The number of hydrogen-bond acceptors (Lipinski definition) is 3. The van der Waals surface area contributed by atoms with E-state index in [4.69, 9.17) is 4.42 Å². The molecule has 1 amide bonds. The van der Waals surface area contributed by atoms with E-state index in [1.165, 1.54) is 5.56 Å². The summed E-state index contributed by atoms with van der Waals surface area (Å²) in [5, 5.41) is 2.91. The van der Waals surface area contributed by atoms with E-state index in [0.29, 0.717) is 19.4 Å². The van der Waals surface area contributed by atoms with Gasteiger partial charge in [-0.15, -0.1) is 0 Å². The molecule has 2 rings (SSSR count). The number of carbonyl (C=O) groups is 1. The van der Waals surface area contributed by atoms with Crippen molar-refractivity contribution in [2.45, 2.75) is 25.7 Å². The summed E-state index contributed by atoms with van der Waals surface area (Å²) < 4.78 is 5.18. The number of furan rings is 1. The molecule has 2 aromatic heterocycles. The maximum absolute atomic E-state index is 11.6. The van der Waals surface area contributed by atoms with Crippen molar-refractivity contribution in [3.63, 3.8) is 0 Å². The van der Waals surface area contributed by atoms with E-state index in [2.05, 4.69) is 10.3 Å². The number of pyridine rings is 1. The van der Waals surface area contributed by atoms with Gasteiger partial charge in [0.1, 0.15) is 5.76 Å². The quantitative estimate of drug-likeness (QED) is 0.776. The Morgan fingerprint density at radius 3 is 2.95 bits per heavy atom. The van der Waals surface area contributed by atoms with Crippen molar-refractivity contribution >= 4 is 5.91 Å². The van der Waals surface area contributed by atoms with Crippen LogP contribution in [0.2, 0.25) is 0 Å². The first-order valence-corrected chi connectivity index (χ1v) is 6.52. The van der Waals surface area contributed by atoms with Crippen LogP contribution >= 0.6 is 0 Å². The van der Waals surface area contributed by atoms with Gasteiger partial charge in [-0.25, -0.2) is 0 Å². The van der Waals surface area contributed by atoms with Crippen molar-refractivity contribution in [3.05, 3.63) is 54.2 Å². The standard InChI is InChI=1S/C15H18N2O2/c18-15(8-7-14-6-3-11-19-14)17-10-2-5-13-4-1-9-16-12-13/h1,3-4,6,9,11-12H,2,5,7-8,10H2,(H,17,18). The number of aromatic nitrogens is 1. The SMILES string of the molecule is O=C(CCc1ccco1)NCCCc1cccnc1. The van der Waals surface area contributed by atoms with E-state index in [-0.39, 0.29) is 5.91 Å². The van der Waals surface area contributed by atoms with Gasteiger partial charge in [-0.2, -0.15) is 0 Å². The molecule has 0 aromatic carbocycles. The van der Waals surface area contributed by atoms with Crippen LogP contribution in [0.5, 0.6) is 0 Å². The number of rotatable bonds is 7. The van der Waals surface area contributed by atoms with Crippen LogP contribution in [0.3, 0.4) is 0 Å². The lowest BCUT2D eigenvalue weighted by Gasteiger charge is -2.04. The molecule has 0 atom stereocenters. The zero-order valence-corrected chi connectivity index (χ0v) is 10.8. The Morgan fingerprint density at radius 2 is 2.21 bits per heavy atom. The normalized spacial score (nSPS) is 10.3. The van der Waals surface area contributed by atoms with Gasteiger partial charge in [0.2, 0.25) is 5.91 Å². The molecular formula is C15H18N2O2. The van der Waals surface area contributed by atoms with Crippen LogP contribution in [0.4, 0.5) is 0 Å². The molecule has 0 aliphatic rings. The van der Waals surface area contributed by atoms with Gasteiger partial charge in [0.25, 0.3) is 0 Å². The molecule has 0 radical (unpaired) electrons. The summed E-state index contributed by atoms with van der Waals surface area (Å²) in [5.74, 6) is 0.924. The average molecular weight is 258 g/mol. The third-order valence-corrected chi connectivity index (χ3v) is 2.87. The number of hydrogen-bond donors (Lipinski definition) is 1. The number of carbonyl (C=O) groups excluding carboxylic acids is 1. The van der Waals surface area contributed by atoms with Gasteiger partial charge in [-0.3, -0.25) is 9.78 Å². The first-order valence-electron chi connectivity index (χ1n) is 6.52. The highest BCUT2D eigenvalue weighted by molar-refractivity contribution is 5.76. The molecule has 0 aliphatic carbocycles. The molecule has 0 fully saturated rings. The minimum absolute atomic E-state index is 0.0718. The van der Waals surface area contributed by atoms with Gasteiger partial charge in [0.15, 0.2) is 0 Å². The highest BCUT2D eigenvalue weighted by Crippen LogP contribution is 2.03. The monoisotopic (exact) mass is 258 g/mol. The second-order valence-corrected chi connectivity index (χ2v) is 4.39. The maximum Gasteiger partial charge on any atom is 0.220 e. The molecule has 100 valence electrons. The van der Waals surface area contributed by atoms with Crippen LogP contribution in [-0.2, 0) is 17.6 Å². The van der Waals surface area contributed by atoms with E-state index in [1.807, 2.05) is 30.5 Å². The Morgan fingerprint density at radius 1 is 1.26 bits per heavy atom. The zero-order chi connectivity index (χ0) is 13.3.